The van der Waals surface area contributed by atoms with Crippen molar-refractivity contribution in [3.05, 3.63) is 39.9 Å². The summed E-state index contributed by atoms with van der Waals surface area (Å²) < 4.78 is 4.23. The van der Waals surface area contributed by atoms with E-state index in [4.69, 9.17) is 0 Å². The molecule has 0 aliphatic heterocycles. The van der Waals surface area contributed by atoms with Gasteiger partial charge < -0.3 is 4.74 Å². The number of hydrazine groups is 1. The Morgan fingerprint density at radius 2 is 1.82 bits per heavy atom. The predicted octanol–water partition coefficient (Wildman–Crippen LogP) is 0.596. The molecular formula is C9H9N3O5. The average Bonchev–Trinajstić information content (AvgIpc) is 2.35. The molecule has 1 rings (SSSR count). The molecule has 0 unspecified atom stereocenters. The molecule has 0 aliphatic carbocycles. The van der Waals surface area contributed by atoms with E-state index in [0.717, 1.165) is 7.11 Å². The average molecular weight is 239 g/mol. The molecule has 0 radical (unpaired) electrons. The number of carbonyl (C=O) groups is 2. The first-order chi connectivity index (χ1) is 8.04. The molecule has 0 heterocycles. The molecule has 0 saturated carbocycles. The molecule has 0 aromatic heterocycles. The molecule has 8 heteroatoms. The van der Waals surface area contributed by atoms with Gasteiger partial charge >= 0.3 is 6.09 Å². The van der Waals surface area contributed by atoms with Gasteiger partial charge in [-0.05, 0) is 12.1 Å². The lowest BCUT2D eigenvalue weighted by atomic mass is 10.2. The first-order valence-corrected chi connectivity index (χ1v) is 4.43. The van der Waals surface area contributed by atoms with Gasteiger partial charge in [0.2, 0.25) is 0 Å². The molecule has 1 aromatic rings. The molecule has 17 heavy (non-hydrogen) atoms. The smallest absolute Gasteiger partial charge is 0.425 e. The van der Waals surface area contributed by atoms with Gasteiger partial charge in [-0.15, -0.1) is 0 Å². The number of nitrogens with zero attached hydrogens (tertiary/aromatic N) is 1. The second-order valence-corrected chi connectivity index (χ2v) is 2.87. The Hall–Kier alpha value is -2.64. The zero-order valence-electron chi connectivity index (χ0n) is 8.80. The fourth-order valence-corrected chi connectivity index (χ4v) is 0.966. The van der Waals surface area contributed by atoms with Crippen LogP contribution >= 0.6 is 0 Å². The van der Waals surface area contributed by atoms with Crippen molar-refractivity contribution >= 4 is 17.7 Å². The number of ether oxygens (including phenoxy) is 1. The van der Waals surface area contributed by atoms with Crippen LogP contribution < -0.4 is 10.9 Å². The molecule has 0 aliphatic rings. The quantitative estimate of drug-likeness (QED) is 0.579. The normalized spacial score (nSPS) is 9.24. The Bertz CT molecular complexity index is 442. The topological polar surface area (TPSA) is 111 Å². The van der Waals surface area contributed by atoms with Crippen LogP contribution in [0.3, 0.4) is 0 Å². The van der Waals surface area contributed by atoms with Crippen molar-refractivity contribution in [3.8, 4) is 0 Å². The lowest BCUT2D eigenvalue weighted by molar-refractivity contribution is -0.384. The van der Waals surface area contributed by atoms with E-state index in [1.54, 1.807) is 0 Å². The van der Waals surface area contributed by atoms with Gasteiger partial charge in [0, 0.05) is 17.7 Å². The number of non-ortho nitro benzene ring substituents is 1. The molecule has 0 spiro atoms. The van der Waals surface area contributed by atoms with Crippen LogP contribution in [-0.2, 0) is 4.74 Å². The number of carbonyl (C=O) groups excluding carboxylic acids is 2. The Morgan fingerprint density at radius 1 is 1.24 bits per heavy atom. The van der Waals surface area contributed by atoms with E-state index in [9.17, 15) is 19.7 Å². The van der Waals surface area contributed by atoms with Crippen LogP contribution in [-0.4, -0.2) is 24.0 Å². The number of nitrogens with one attached hydrogen (secondary N) is 2. The highest BCUT2D eigenvalue weighted by molar-refractivity contribution is 5.95. The molecule has 0 atom stereocenters. The third-order valence-electron chi connectivity index (χ3n) is 1.80. The number of nitro groups is 1. The molecule has 2 amide bonds. The van der Waals surface area contributed by atoms with E-state index in [2.05, 4.69) is 10.2 Å². The van der Waals surface area contributed by atoms with E-state index in [-0.39, 0.29) is 11.3 Å². The van der Waals surface area contributed by atoms with Crippen molar-refractivity contribution in [1.29, 1.82) is 0 Å². The molecule has 0 saturated heterocycles. The fourth-order valence-electron chi connectivity index (χ4n) is 0.966. The summed E-state index contributed by atoms with van der Waals surface area (Å²) in [5.41, 5.74) is 4.09. The lowest BCUT2D eigenvalue weighted by Gasteiger charge is -2.05. The molecule has 90 valence electrons. The summed E-state index contributed by atoms with van der Waals surface area (Å²) >= 11 is 0. The minimum atomic E-state index is -0.819. The summed E-state index contributed by atoms with van der Waals surface area (Å²) in [6.07, 6.45) is -0.819. The summed E-state index contributed by atoms with van der Waals surface area (Å²) in [4.78, 5) is 31.8. The van der Waals surface area contributed by atoms with Crippen LogP contribution in [0.4, 0.5) is 10.5 Å². The fraction of sp³-hybridized carbons (Fsp3) is 0.111. The highest BCUT2D eigenvalue weighted by Gasteiger charge is 2.09. The summed E-state index contributed by atoms with van der Waals surface area (Å²) in [6.45, 7) is 0. The Kier molecular flexibility index (Phi) is 3.98. The van der Waals surface area contributed by atoms with Gasteiger partial charge in [-0.25, -0.2) is 10.2 Å². The molecule has 0 bridgehead atoms. The second kappa shape index (κ2) is 5.45. The Labute approximate surface area is 95.7 Å². The maximum absolute atomic E-state index is 11.4. The van der Waals surface area contributed by atoms with E-state index in [1.165, 1.54) is 24.3 Å². The highest BCUT2D eigenvalue weighted by Crippen LogP contribution is 2.11. The second-order valence-electron chi connectivity index (χ2n) is 2.87. The third-order valence-corrected chi connectivity index (χ3v) is 1.80. The van der Waals surface area contributed by atoms with E-state index in [0.29, 0.717) is 0 Å². The number of rotatable bonds is 2. The molecular weight excluding hydrogens is 230 g/mol. The van der Waals surface area contributed by atoms with Crippen LogP contribution in [0.25, 0.3) is 0 Å². The van der Waals surface area contributed by atoms with Crippen molar-refractivity contribution in [2.24, 2.45) is 0 Å². The van der Waals surface area contributed by atoms with Crippen molar-refractivity contribution < 1.29 is 19.2 Å². The van der Waals surface area contributed by atoms with Crippen LogP contribution in [0.1, 0.15) is 10.4 Å². The summed E-state index contributed by atoms with van der Waals surface area (Å²) in [5.74, 6) is -0.606. The minimum absolute atomic E-state index is 0.123. The van der Waals surface area contributed by atoms with Gasteiger partial charge in [-0.1, -0.05) is 0 Å². The predicted molar refractivity (Wildman–Crippen MR) is 56.1 cm³/mol. The summed E-state index contributed by atoms with van der Waals surface area (Å²) in [6, 6.07) is 4.92. The largest absolute Gasteiger partial charge is 0.452 e. The monoisotopic (exact) mass is 239 g/mol. The first-order valence-electron chi connectivity index (χ1n) is 4.43. The number of benzene rings is 1. The van der Waals surface area contributed by atoms with Gasteiger partial charge in [-0.2, -0.15) is 0 Å². The first kappa shape index (κ1) is 12.4. The highest BCUT2D eigenvalue weighted by atomic mass is 16.6. The zero-order valence-corrected chi connectivity index (χ0v) is 8.80. The Balaban J connectivity index is 2.64. The van der Waals surface area contributed by atoms with Gasteiger partial charge in [0.15, 0.2) is 0 Å². The lowest BCUT2D eigenvalue weighted by Crippen LogP contribution is -2.41. The van der Waals surface area contributed by atoms with E-state index in [1.807, 2.05) is 5.43 Å². The van der Waals surface area contributed by atoms with Crippen molar-refractivity contribution in [2.45, 2.75) is 0 Å². The summed E-state index contributed by atoms with van der Waals surface area (Å²) in [7, 11) is 1.15. The Morgan fingerprint density at radius 3 is 2.29 bits per heavy atom. The van der Waals surface area contributed by atoms with E-state index >= 15 is 0 Å². The number of methoxy groups -OCH3 is 1. The van der Waals surface area contributed by atoms with Crippen molar-refractivity contribution in [3.63, 3.8) is 0 Å². The SMILES string of the molecule is COC(=O)NNC(=O)c1ccc([N+](=O)[O-])cc1. The van der Waals surface area contributed by atoms with Crippen LogP contribution in [0, 0.1) is 10.1 Å². The minimum Gasteiger partial charge on any atom is -0.452 e. The van der Waals surface area contributed by atoms with Crippen molar-refractivity contribution in [2.75, 3.05) is 7.11 Å². The zero-order chi connectivity index (χ0) is 12.8. The molecule has 0 fully saturated rings. The van der Waals surface area contributed by atoms with Crippen molar-refractivity contribution in [1.82, 2.24) is 10.9 Å². The summed E-state index contributed by atoms with van der Waals surface area (Å²) in [5, 5.41) is 10.4. The number of amides is 2. The van der Waals surface area contributed by atoms with Crippen LogP contribution in [0.2, 0.25) is 0 Å². The molecule has 2 N–H and O–H groups in total. The van der Waals surface area contributed by atoms with Gasteiger partial charge in [-0.3, -0.25) is 20.3 Å². The van der Waals surface area contributed by atoms with Gasteiger partial charge in [0.25, 0.3) is 11.6 Å². The third kappa shape index (κ3) is 3.45. The van der Waals surface area contributed by atoms with Crippen LogP contribution in [0.15, 0.2) is 24.3 Å². The molecule has 1 aromatic carbocycles. The number of nitro benzene ring substituents is 1. The standard InChI is InChI=1S/C9H9N3O5/c1-17-9(14)11-10-8(13)6-2-4-7(5-3-6)12(15)16/h2-5H,1H3,(H,10,13)(H,11,14). The maximum atomic E-state index is 11.4. The van der Waals surface area contributed by atoms with Crippen LogP contribution in [0.5, 0.6) is 0 Å². The van der Waals surface area contributed by atoms with Gasteiger partial charge in [0.05, 0.1) is 12.0 Å². The van der Waals surface area contributed by atoms with E-state index < -0.39 is 16.9 Å². The maximum Gasteiger partial charge on any atom is 0.425 e. The van der Waals surface area contributed by atoms with Gasteiger partial charge in [0.1, 0.15) is 0 Å². The number of hydrogen-bond acceptors (Lipinski definition) is 5. The molecule has 8 nitrogen and oxygen atoms in total. The number of hydrogen-bond donors (Lipinski definition) is 2.